The molecule has 1 aliphatic heterocycles. The van der Waals surface area contributed by atoms with Crippen LogP contribution in [-0.4, -0.2) is 31.2 Å². The Morgan fingerprint density at radius 1 is 1.38 bits per heavy atom. The molecule has 1 rings (SSSR count). The molecule has 16 heavy (non-hydrogen) atoms. The molecule has 0 aromatic heterocycles. The Labute approximate surface area is 101 Å². The maximum atomic E-state index is 9.98. The van der Waals surface area contributed by atoms with Crippen LogP contribution in [0.25, 0.3) is 0 Å². The molecule has 1 saturated heterocycles. The van der Waals surface area contributed by atoms with E-state index in [0.717, 1.165) is 12.8 Å². The van der Waals surface area contributed by atoms with Crippen molar-refractivity contribution in [3.05, 3.63) is 0 Å². The SMILES string of the molecule is [B]C1OC(C)C(CC(C)(C)CC(C)C)C1O. The first-order chi connectivity index (χ1) is 7.23. The van der Waals surface area contributed by atoms with Gasteiger partial charge in [-0.2, -0.15) is 0 Å². The fourth-order valence-corrected chi connectivity index (χ4v) is 3.06. The molecule has 92 valence electrons. The van der Waals surface area contributed by atoms with E-state index in [4.69, 9.17) is 12.6 Å². The second-order valence-electron chi connectivity index (χ2n) is 6.43. The molecular formula is C13H25BO2. The van der Waals surface area contributed by atoms with E-state index in [2.05, 4.69) is 27.7 Å². The predicted octanol–water partition coefficient (Wildman–Crippen LogP) is 2.34. The molecule has 0 bridgehead atoms. The number of rotatable bonds is 4. The van der Waals surface area contributed by atoms with Gasteiger partial charge in [0.1, 0.15) is 7.85 Å². The lowest BCUT2D eigenvalue weighted by Crippen LogP contribution is -2.31. The predicted molar refractivity (Wildman–Crippen MR) is 67.4 cm³/mol. The Morgan fingerprint density at radius 3 is 2.31 bits per heavy atom. The van der Waals surface area contributed by atoms with Crippen LogP contribution in [0.3, 0.4) is 0 Å². The molecule has 2 nitrogen and oxygen atoms in total. The van der Waals surface area contributed by atoms with Gasteiger partial charge in [-0.3, -0.25) is 0 Å². The number of aliphatic hydroxyl groups excluding tert-OH is 1. The second kappa shape index (κ2) is 5.09. The molecule has 1 heterocycles. The standard InChI is InChI=1S/C13H25BO2/c1-8(2)6-13(4,5)7-10-9(3)16-12(14)11(10)15/h8-12,15H,6-7H2,1-5H3. The minimum atomic E-state index is -0.513. The Kier molecular flexibility index (Phi) is 4.47. The highest BCUT2D eigenvalue weighted by atomic mass is 16.5. The second-order valence-corrected chi connectivity index (χ2v) is 6.43. The lowest BCUT2D eigenvalue weighted by molar-refractivity contribution is 0.0670. The van der Waals surface area contributed by atoms with Crippen molar-refractivity contribution in [1.82, 2.24) is 0 Å². The zero-order valence-electron chi connectivity index (χ0n) is 11.2. The Balaban J connectivity index is 2.59. The van der Waals surface area contributed by atoms with Crippen molar-refractivity contribution in [1.29, 1.82) is 0 Å². The van der Waals surface area contributed by atoms with Gasteiger partial charge in [-0.05, 0) is 31.1 Å². The van der Waals surface area contributed by atoms with Crippen molar-refractivity contribution >= 4 is 7.85 Å². The zero-order chi connectivity index (χ0) is 12.5. The van der Waals surface area contributed by atoms with Crippen LogP contribution in [0, 0.1) is 17.3 Å². The molecule has 4 atom stereocenters. The lowest BCUT2D eigenvalue weighted by Gasteiger charge is -2.32. The molecule has 1 aliphatic rings. The van der Waals surface area contributed by atoms with Crippen molar-refractivity contribution in [3.63, 3.8) is 0 Å². The minimum Gasteiger partial charge on any atom is -0.391 e. The van der Waals surface area contributed by atoms with Gasteiger partial charge in [0.15, 0.2) is 0 Å². The first kappa shape index (κ1) is 14.0. The summed E-state index contributed by atoms with van der Waals surface area (Å²) in [7, 11) is 5.71. The summed E-state index contributed by atoms with van der Waals surface area (Å²) in [6.45, 7) is 11.0. The van der Waals surface area contributed by atoms with E-state index >= 15 is 0 Å². The monoisotopic (exact) mass is 224 g/mol. The molecule has 4 unspecified atom stereocenters. The van der Waals surface area contributed by atoms with Gasteiger partial charge in [-0.15, -0.1) is 0 Å². The van der Waals surface area contributed by atoms with Gasteiger partial charge in [0.2, 0.25) is 0 Å². The third-order valence-electron chi connectivity index (χ3n) is 3.50. The van der Waals surface area contributed by atoms with Gasteiger partial charge in [0.25, 0.3) is 0 Å². The van der Waals surface area contributed by atoms with Crippen LogP contribution in [0.5, 0.6) is 0 Å². The average Bonchev–Trinajstić information content (AvgIpc) is 2.29. The number of aliphatic hydroxyl groups is 1. The quantitative estimate of drug-likeness (QED) is 0.742. The fraction of sp³-hybridized carbons (Fsp3) is 1.00. The van der Waals surface area contributed by atoms with Crippen LogP contribution >= 0.6 is 0 Å². The molecular weight excluding hydrogens is 199 g/mol. The molecule has 0 amide bonds. The van der Waals surface area contributed by atoms with Crippen molar-refractivity contribution in [2.75, 3.05) is 0 Å². The van der Waals surface area contributed by atoms with Crippen LogP contribution in [0.4, 0.5) is 0 Å². The van der Waals surface area contributed by atoms with E-state index in [1.54, 1.807) is 0 Å². The molecule has 1 fully saturated rings. The number of hydrogen-bond acceptors (Lipinski definition) is 2. The fourth-order valence-electron chi connectivity index (χ4n) is 3.06. The van der Waals surface area contributed by atoms with E-state index < -0.39 is 12.1 Å². The third kappa shape index (κ3) is 3.49. The Hall–Kier alpha value is -0.0151. The Bertz CT molecular complexity index is 228. The largest absolute Gasteiger partial charge is 0.391 e. The van der Waals surface area contributed by atoms with E-state index in [0.29, 0.717) is 5.92 Å². The third-order valence-corrected chi connectivity index (χ3v) is 3.50. The summed E-state index contributed by atoms with van der Waals surface area (Å²) in [6.07, 6.45) is 1.69. The van der Waals surface area contributed by atoms with Gasteiger partial charge >= 0.3 is 0 Å². The van der Waals surface area contributed by atoms with Crippen LogP contribution in [0.2, 0.25) is 0 Å². The molecule has 0 aromatic carbocycles. The minimum absolute atomic E-state index is 0.0661. The summed E-state index contributed by atoms with van der Waals surface area (Å²) in [5.41, 5.74) is 0.238. The number of hydrogen-bond donors (Lipinski definition) is 1. The Morgan fingerprint density at radius 2 is 1.94 bits per heavy atom. The van der Waals surface area contributed by atoms with Gasteiger partial charge in [0.05, 0.1) is 12.2 Å². The summed E-state index contributed by atoms with van der Waals surface area (Å²) < 4.78 is 5.46. The van der Waals surface area contributed by atoms with E-state index in [1.165, 1.54) is 0 Å². The van der Waals surface area contributed by atoms with Crippen LogP contribution in [0.15, 0.2) is 0 Å². The first-order valence-corrected chi connectivity index (χ1v) is 6.32. The number of ether oxygens (including phenoxy) is 1. The summed E-state index contributed by atoms with van der Waals surface area (Å²) >= 11 is 0. The van der Waals surface area contributed by atoms with E-state index in [9.17, 15) is 5.11 Å². The molecule has 3 heteroatoms. The average molecular weight is 224 g/mol. The maximum Gasteiger partial charge on any atom is 0.112 e. The van der Waals surface area contributed by atoms with Gasteiger partial charge in [0, 0.05) is 11.9 Å². The van der Waals surface area contributed by atoms with Crippen molar-refractivity contribution < 1.29 is 9.84 Å². The van der Waals surface area contributed by atoms with Crippen LogP contribution < -0.4 is 0 Å². The topological polar surface area (TPSA) is 29.5 Å². The van der Waals surface area contributed by atoms with Crippen LogP contribution in [0.1, 0.15) is 47.5 Å². The molecule has 0 aliphatic carbocycles. The maximum absolute atomic E-state index is 9.98. The lowest BCUT2D eigenvalue weighted by atomic mass is 9.73. The van der Waals surface area contributed by atoms with E-state index in [1.807, 2.05) is 6.92 Å². The van der Waals surface area contributed by atoms with Crippen molar-refractivity contribution in [2.45, 2.75) is 65.7 Å². The summed E-state index contributed by atoms with van der Waals surface area (Å²) in [6, 6.07) is -0.505. The van der Waals surface area contributed by atoms with Crippen molar-refractivity contribution in [2.24, 2.45) is 17.3 Å². The molecule has 1 N–H and O–H groups in total. The normalized spacial score (nSPS) is 35.9. The summed E-state index contributed by atoms with van der Waals surface area (Å²) in [5, 5.41) is 9.98. The first-order valence-electron chi connectivity index (χ1n) is 6.32. The smallest absolute Gasteiger partial charge is 0.112 e. The van der Waals surface area contributed by atoms with Gasteiger partial charge in [-0.1, -0.05) is 27.7 Å². The molecule has 2 radical (unpaired) electrons. The molecule has 0 saturated carbocycles. The van der Waals surface area contributed by atoms with Crippen LogP contribution in [-0.2, 0) is 4.74 Å². The van der Waals surface area contributed by atoms with E-state index in [-0.39, 0.29) is 17.4 Å². The summed E-state index contributed by atoms with van der Waals surface area (Å²) in [5.74, 6) is 0.849. The molecule has 0 aromatic rings. The highest BCUT2D eigenvalue weighted by Crippen LogP contribution is 2.39. The molecule has 0 spiro atoms. The summed E-state index contributed by atoms with van der Waals surface area (Å²) in [4.78, 5) is 0. The van der Waals surface area contributed by atoms with Gasteiger partial charge in [-0.25, -0.2) is 0 Å². The highest BCUT2D eigenvalue weighted by molar-refractivity contribution is 6.11. The van der Waals surface area contributed by atoms with Gasteiger partial charge < -0.3 is 9.84 Å². The zero-order valence-corrected chi connectivity index (χ0v) is 11.2. The van der Waals surface area contributed by atoms with Crippen molar-refractivity contribution in [3.8, 4) is 0 Å². The highest BCUT2D eigenvalue weighted by Gasteiger charge is 2.40.